The van der Waals surface area contributed by atoms with Crippen LogP contribution in [0.25, 0.3) is 11.1 Å². The number of carbonyl (C=O) groups excluding carboxylic acids is 2. The second kappa shape index (κ2) is 9.87. The van der Waals surface area contributed by atoms with Crippen molar-refractivity contribution in [2.24, 2.45) is 5.92 Å². The number of alkyl carbamates (subject to hydrolysis) is 1. The van der Waals surface area contributed by atoms with Gasteiger partial charge in [0.2, 0.25) is 5.91 Å². The largest absolute Gasteiger partial charge is 0.480 e. The van der Waals surface area contributed by atoms with E-state index in [-0.39, 0.29) is 30.9 Å². The van der Waals surface area contributed by atoms with Crippen LogP contribution in [-0.4, -0.2) is 41.3 Å². The van der Waals surface area contributed by atoms with Gasteiger partial charge in [0, 0.05) is 12.0 Å². The molecule has 2 aliphatic rings. The van der Waals surface area contributed by atoms with Crippen LogP contribution in [0.5, 0.6) is 0 Å². The lowest BCUT2D eigenvalue weighted by Crippen LogP contribution is -2.57. The number of carboxylic acid groups (broad SMARTS) is 1. The maximum Gasteiger partial charge on any atom is 0.407 e. The van der Waals surface area contributed by atoms with Crippen molar-refractivity contribution in [1.29, 1.82) is 0 Å². The molecule has 0 radical (unpaired) electrons. The maximum absolute atomic E-state index is 12.9. The summed E-state index contributed by atoms with van der Waals surface area (Å²) in [7, 11) is 0. The molecule has 1 unspecified atom stereocenters. The van der Waals surface area contributed by atoms with E-state index in [1.54, 1.807) is 6.92 Å². The fourth-order valence-electron chi connectivity index (χ4n) is 5.07. The van der Waals surface area contributed by atoms with Crippen molar-refractivity contribution in [3.05, 3.63) is 59.7 Å². The average molecular weight is 465 g/mol. The minimum absolute atomic E-state index is 0.0376. The first kappa shape index (κ1) is 23.8. The van der Waals surface area contributed by atoms with Gasteiger partial charge in [-0.1, -0.05) is 68.3 Å². The number of rotatable bonds is 7. The molecule has 1 fully saturated rings. The molecule has 0 heterocycles. The Bertz CT molecular complexity index is 1040. The number of aliphatic carboxylic acids is 1. The van der Waals surface area contributed by atoms with E-state index in [1.165, 1.54) is 6.92 Å². The van der Waals surface area contributed by atoms with Gasteiger partial charge < -0.3 is 20.5 Å². The van der Waals surface area contributed by atoms with Crippen molar-refractivity contribution in [3.63, 3.8) is 0 Å². The summed E-state index contributed by atoms with van der Waals surface area (Å²) in [6.07, 6.45) is 2.71. The molecule has 2 aliphatic carbocycles. The predicted octanol–water partition coefficient (Wildman–Crippen LogP) is 4.45. The standard InChI is InChI=1S/C27H32N2O5/c1-3-27(2,25(31)32)29-24(30)21-14-8-9-15-23(21)28-26(33)34-16-22-19-12-6-4-10-17(19)18-11-5-7-13-20(18)22/h4-7,10-13,21-23H,3,8-9,14-16H2,1-2H3,(H,28,33)(H,29,30)(H,31,32)/t21-,23+,27?/m1/s1. The van der Waals surface area contributed by atoms with Crippen LogP contribution in [0.3, 0.4) is 0 Å². The van der Waals surface area contributed by atoms with Crippen LogP contribution >= 0.6 is 0 Å². The molecule has 1 saturated carbocycles. The number of ether oxygens (including phenoxy) is 1. The molecule has 2 aromatic carbocycles. The summed E-state index contributed by atoms with van der Waals surface area (Å²) in [4.78, 5) is 37.3. The van der Waals surface area contributed by atoms with Crippen LogP contribution in [0, 0.1) is 5.92 Å². The SMILES string of the molecule is CCC(C)(NC(=O)[C@@H]1CCCC[C@@H]1NC(=O)OCC1c2ccccc2-c2ccccc21)C(=O)O. The fourth-order valence-corrected chi connectivity index (χ4v) is 5.07. The van der Waals surface area contributed by atoms with Crippen molar-refractivity contribution < 1.29 is 24.2 Å². The molecule has 7 heteroatoms. The van der Waals surface area contributed by atoms with Gasteiger partial charge in [0.25, 0.3) is 0 Å². The smallest absolute Gasteiger partial charge is 0.407 e. The normalized spacial score (nSPS) is 21.0. The van der Waals surface area contributed by atoms with E-state index < -0.39 is 23.5 Å². The van der Waals surface area contributed by atoms with Crippen molar-refractivity contribution in [2.75, 3.05) is 6.61 Å². The zero-order chi connectivity index (χ0) is 24.3. The van der Waals surface area contributed by atoms with Gasteiger partial charge in [-0.25, -0.2) is 9.59 Å². The Morgan fingerprint density at radius 3 is 2.18 bits per heavy atom. The Labute approximate surface area is 199 Å². The predicted molar refractivity (Wildman–Crippen MR) is 128 cm³/mol. The van der Waals surface area contributed by atoms with Gasteiger partial charge in [0.05, 0.1) is 5.92 Å². The molecule has 3 atom stereocenters. The number of hydrogen-bond acceptors (Lipinski definition) is 4. The molecule has 0 aliphatic heterocycles. The Balaban J connectivity index is 1.40. The molecule has 7 nitrogen and oxygen atoms in total. The molecular weight excluding hydrogens is 432 g/mol. The van der Waals surface area contributed by atoms with Gasteiger partial charge >= 0.3 is 12.1 Å². The van der Waals surface area contributed by atoms with Crippen LogP contribution in [0.1, 0.15) is 63.0 Å². The summed E-state index contributed by atoms with van der Waals surface area (Å²) < 4.78 is 5.65. The van der Waals surface area contributed by atoms with Gasteiger partial charge in [0.1, 0.15) is 12.1 Å². The van der Waals surface area contributed by atoms with E-state index in [0.29, 0.717) is 12.8 Å². The lowest BCUT2D eigenvalue weighted by Gasteiger charge is -2.34. The zero-order valence-corrected chi connectivity index (χ0v) is 19.7. The molecule has 0 saturated heterocycles. The van der Waals surface area contributed by atoms with E-state index in [0.717, 1.165) is 35.1 Å². The topological polar surface area (TPSA) is 105 Å². The number of carboxylic acids is 1. The second-order valence-corrected chi connectivity index (χ2v) is 9.45. The Kier molecular flexibility index (Phi) is 6.91. The molecule has 2 aromatic rings. The highest BCUT2D eigenvalue weighted by atomic mass is 16.5. The number of carbonyl (C=O) groups is 3. The van der Waals surface area contributed by atoms with Crippen LogP contribution in [-0.2, 0) is 14.3 Å². The van der Waals surface area contributed by atoms with Gasteiger partial charge in [-0.2, -0.15) is 0 Å². The minimum Gasteiger partial charge on any atom is -0.480 e. The third kappa shape index (κ3) is 4.65. The fraction of sp³-hybridized carbons (Fsp3) is 0.444. The molecule has 2 amide bonds. The third-order valence-electron chi connectivity index (χ3n) is 7.33. The summed E-state index contributed by atoms with van der Waals surface area (Å²) in [5.41, 5.74) is 3.27. The molecule has 0 spiro atoms. The molecule has 0 aromatic heterocycles. The first-order chi connectivity index (χ1) is 16.3. The Morgan fingerprint density at radius 2 is 1.59 bits per heavy atom. The maximum atomic E-state index is 12.9. The van der Waals surface area contributed by atoms with E-state index >= 15 is 0 Å². The zero-order valence-electron chi connectivity index (χ0n) is 19.7. The van der Waals surface area contributed by atoms with Gasteiger partial charge in [-0.3, -0.25) is 4.79 Å². The summed E-state index contributed by atoms with van der Waals surface area (Å²) in [6, 6.07) is 15.9. The van der Waals surface area contributed by atoms with Crippen molar-refractivity contribution in [3.8, 4) is 11.1 Å². The van der Waals surface area contributed by atoms with Crippen molar-refractivity contribution in [2.45, 2.75) is 63.5 Å². The van der Waals surface area contributed by atoms with Gasteiger partial charge in [0.15, 0.2) is 0 Å². The van der Waals surface area contributed by atoms with Crippen molar-refractivity contribution >= 4 is 18.0 Å². The third-order valence-corrected chi connectivity index (χ3v) is 7.33. The number of amides is 2. The van der Waals surface area contributed by atoms with E-state index in [2.05, 4.69) is 34.9 Å². The summed E-state index contributed by atoms with van der Waals surface area (Å²) in [5.74, 6) is -1.93. The summed E-state index contributed by atoms with van der Waals surface area (Å²) >= 11 is 0. The molecule has 180 valence electrons. The summed E-state index contributed by atoms with van der Waals surface area (Å²) in [6.45, 7) is 3.43. The first-order valence-corrected chi connectivity index (χ1v) is 12.0. The van der Waals surface area contributed by atoms with Gasteiger partial charge in [-0.05, 0) is 48.4 Å². The molecule has 3 N–H and O–H groups in total. The van der Waals surface area contributed by atoms with Crippen LogP contribution < -0.4 is 10.6 Å². The Hall–Kier alpha value is -3.35. The number of nitrogens with one attached hydrogen (secondary N) is 2. The monoisotopic (exact) mass is 464 g/mol. The highest BCUT2D eigenvalue weighted by Crippen LogP contribution is 2.44. The molecule has 4 rings (SSSR count). The van der Waals surface area contributed by atoms with E-state index in [9.17, 15) is 19.5 Å². The summed E-state index contributed by atoms with van der Waals surface area (Å²) in [5, 5.41) is 15.1. The Morgan fingerprint density at radius 1 is 1.00 bits per heavy atom. The van der Waals surface area contributed by atoms with E-state index in [1.807, 2.05) is 24.3 Å². The first-order valence-electron chi connectivity index (χ1n) is 12.0. The second-order valence-electron chi connectivity index (χ2n) is 9.45. The number of benzene rings is 2. The van der Waals surface area contributed by atoms with Crippen LogP contribution in [0.2, 0.25) is 0 Å². The molecule has 34 heavy (non-hydrogen) atoms. The van der Waals surface area contributed by atoms with Crippen LogP contribution in [0.4, 0.5) is 4.79 Å². The lowest BCUT2D eigenvalue weighted by molar-refractivity contribution is -0.148. The van der Waals surface area contributed by atoms with Crippen LogP contribution in [0.15, 0.2) is 48.5 Å². The highest BCUT2D eigenvalue weighted by Gasteiger charge is 2.39. The number of hydrogen-bond donors (Lipinski definition) is 3. The molecular formula is C27H32N2O5. The van der Waals surface area contributed by atoms with Gasteiger partial charge in [-0.15, -0.1) is 0 Å². The lowest BCUT2D eigenvalue weighted by atomic mass is 9.83. The highest BCUT2D eigenvalue weighted by molar-refractivity contribution is 5.88. The minimum atomic E-state index is -1.33. The quantitative estimate of drug-likeness (QED) is 0.561. The average Bonchev–Trinajstić information content (AvgIpc) is 3.16. The van der Waals surface area contributed by atoms with E-state index in [4.69, 9.17) is 4.74 Å². The number of fused-ring (bicyclic) bond motifs is 3. The van der Waals surface area contributed by atoms with Crippen molar-refractivity contribution in [1.82, 2.24) is 10.6 Å². The molecule has 0 bridgehead atoms.